The number of nitrogens with one attached hydrogen (secondary N) is 2. The van der Waals surface area contributed by atoms with Crippen molar-refractivity contribution in [2.24, 2.45) is 5.92 Å². The van der Waals surface area contributed by atoms with Crippen LogP contribution >= 0.6 is 0 Å². The van der Waals surface area contributed by atoms with Gasteiger partial charge in [-0.05, 0) is 31.6 Å². The van der Waals surface area contributed by atoms with E-state index in [-0.39, 0.29) is 6.03 Å². The molecule has 1 saturated carbocycles. The zero-order chi connectivity index (χ0) is 12.7. The van der Waals surface area contributed by atoms with Crippen molar-refractivity contribution < 1.29 is 4.79 Å². The van der Waals surface area contributed by atoms with Gasteiger partial charge in [0.1, 0.15) is 0 Å². The Kier molecular flexibility index (Phi) is 6.34. The van der Waals surface area contributed by atoms with Gasteiger partial charge in [0, 0.05) is 33.2 Å². The minimum Gasteiger partial charge on any atom is -0.337 e. The van der Waals surface area contributed by atoms with Gasteiger partial charge in [-0.3, -0.25) is 0 Å². The Morgan fingerprint density at radius 1 is 1.18 bits per heavy atom. The van der Waals surface area contributed by atoms with E-state index >= 15 is 0 Å². The number of urea groups is 1. The smallest absolute Gasteiger partial charge is 0.316 e. The van der Waals surface area contributed by atoms with Crippen molar-refractivity contribution >= 4 is 6.03 Å². The van der Waals surface area contributed by atoms with Crippen molar-refractivity contribution in [3.05, 3.63) is 0 Å². The summed E-state index contributed by atoms with van der Waals surface area (Å²) < 4.78 is 0. The summed E-state index contributed by atoms with van der Waals surface area (Å²) in [5, 5.41) is 6.39. The molecule has 1 rings (SSSR count). The SMILES string of the molecule is CCC1CCC(NCCNC(=O)N(C)C)CC1. The third-order valence-electron chi connectivity index (χ3n) is 3.66. The van der Waals surface area contributed by atoms with Gasteiger partial charge < -0.3 is 15.5 Å². The maximum absolute atomic E-state index is 11.3. The Balaban J connectivity index is 2.02. The first-order chi connectivity index (χ1) is 8.13. The highest BCUT2D eigenvalue weighted by Crippen LogP contribution is 2.26. The van der Waals surface area contributed by atoms with E-state index in [0.29, 0.717) is 12.6 Å². The predicted molar refractivity (Wildman–Crippen MR) is 71.1 cm³/mol. The predicted octanol–water partition coefficient (Wildman–Crippen LogP) is 1.82. The maximum atomic E-state index is 11.3. The zero-order valence-corrected chi connectivity index (χ0v) is 11.5. The van der Waals surface area contributed by atoms with Gasteiger partial charge >= 0.3 is 6.03 Å². The van der Waals surface area contributed by atoms with Crippen molar-refractivity contribution in [2.75, 3.05) is 27.2 Å². The van der Waals surface area contributed by atoms with Crippen LogP contribution in [0.25, 0.3) is 0 Å². The highest BCUT2D eigenvalue weighted by atomic mass is 16.2. The lowest BCUT2D eigenvalue weighted by Crippen LogP contribution is -2.41. The fraction of sp³-hybridized carbons (Fsp3) is 0.923. The van der Waals surface area contributed by atoms with Gasteiger partial charge in [-0.2, -0.15) is 0 Å². The highest BCUT2D eigenvalue weighted by Gasteiger charge is 2.18. The molecule has 17 heavy (non-hydrogen) atoms. The second-order valence-electron chi connectivity index (χ2n) is 5.21. The third kappa shape index (κ3) is 5.39. The van der Waals surface area contributed by atoms with Crippen LogP contribution in [0.1, 0.15) is 39.0 Å². The van der Waals surface area contributed by atoms with E-state index < -0.39 is 0 Å². The van der Waals surface area contributed by atoms with Crippen LogP contribution in [-0.2, 0) is 0 Å². The Labute approximate surface area is 105 Å². The minimum atomic E-state index is -0.0125. The second-order valence-corrected chi connectivity index (χ2v) is 5.21. The van der Waals surface area contributed by atoms with Crippen LogP contribution in [0.15, 0.2) is 0 Å². The molecule has 0 saturated heterocycles. The molecule has 1 fully saturated rings. The van der Waals surface area contributed by atoms with Gasteiger partial charge in [0.15, 0.2) is 0 Å². The summed E-state index contributed by atoms with van der Waals surface area (Å²) in [6.07, 6.45) is 6.63. The van der Waals surface area contributed by atoms with Crippen molar-refractivity contribution in [3.63, 3.8) is 0 Å². The summed E-state index contributed by atoms with van der Waals surface area (Å²) in [5.41, 5.74) is 0. The molecule has 100 valence electrons. The molecule has 1 aliphatic rings. The van der Waals surface area contributed by atoms with Gasteiger partial charge in [0.25, 0.3) is 0 Å². The van der Waals surface area contributed by atoms with Crippen LogP contribution < -0.4 is 10.6 Å². The van der Waals surface area contributed by atoms with Crippen LogP contribution in [0.2, 0.25) is 0 Å². The number of amides is 2. The molecule has 0 aliphatic heterocycles. The number of hydrogen-bond acceptors (Lipinski definition) is 2. The molecule has 0 bridgehead atoms. The molecular weight excluding hydrogens is 214 g/mol. The summed E-state index contributed by atoms with van der Waals surface area (Å²) in [6.45, 7) is 3.88. The molecule has 4 heteroatoms. The second kappa shape index (κ2) is 7.54. The average molecular weight is 241 g/mol. The van der Waals surface area contributed by atoms with Gasteiger partial charge in [-0.15, -0.1) is 0 Å². The average Bonchev–Trinajstić information content (AvgIpc) is 2.35. The van der Waals surface area contributed by atoms with Crippen molar-refractivity contribution in [1.82, 2.24) is 15.5 Å². The molecule has 0 radical (unpaired) electrons. The van der Waals surface area contributed by atoms with Crippen LogP contribution in [-0.4, -0.2) is 44.2 Å². The molecule has 4 nitrogen and oxygen atoms in total. The monoisotopic (exact) mass is 241 g/mol. The zero-order valence-electron chi connectivity index (χ0n) is 11.5. The molecule has 0 atom stereocenters. The first kappa shape index (κ1) is 14.3. The number of rotatable bonds is 5. The van der Waals surface area contributed by atoms with E-state index in [0.717, 1.165) is 12.5 Å². The van der Waals surface area contributed by atoms with E-state index in [1.165, 1.54) is 32.1 Å². The van der Waals surface area contributed by atoms with Crippen molar-refractivity contribution in [3.8, 4) is 0 Å². The highest BCUT2D eigenvalue weighted by molar-refractivity contribution is 5.73. The molecule has 1 aliphatic carbocycles. The van der Waals surface area contributed by atoms with Gasteiger partial charge in [0.05, 0.1) is 0 Å². The molecule has 0 aromatic heterocycles. The lowest BCUT2D eigenvalue weighted by molar-refractivity contribution is 0.217. The summed E-state index contributed by atoms with van der Waals surface area (Å²) in [7, 11) is 3.52. The summed E-state index contributed by atoms with van der Waals surface area (Å²) in [5.74, 6) is 0.946. The molecule has 0 unspecified atom stereocenters. The molecular formula is C13H27N3O. The van der Waals surface area contributed by atoms with Crippen LogP contribution in [0, 0.1) is 5.92 Å². The summed E-state index contributed by atoms with van der Waals surface area (Å²) >= 11 is 0. The number of nitrogens with zero attached hydrogens (tertiary/aromatic N) is 1. The third-order valence-corrected chi connectivity index (χ3v) is 3.66. The Bertz CT molecular complexity index is 223. The Morgan fingerprint density at radius 3 is 2.35 bits per heavy atom. The molecule has 0 heterocycles. The van der Waals surface area contributed by atoms with E-state index in [4.69, 9.17) is 0 Å². The molecule has 2 N–H and O–H groups in total. The van der Waals surface area contributed by atoms with Crippen molar-refractivity contribution in [1.29, 1.82) is 0 Å². The van der Waals surface area contributed by atoms with E-state index in [9.17, 15) is 4.79 Å². The lowest BCUT2D eigenvalue weighted by atomic mass is 9.84. The van der Waals surface area contributed by atoms with Gasteiger partial charge in [-0.1, -0.05) is 13.3 Å². The molecule has 2 amide bonds. The van der Waals surface area contributed by atoms with Gasteiger partial charge in [0.2, 0.25) is 0 Å². The quantitative estimate of drug-likeness (QED) is 0.721. The molecule has 0 aromatic carbocycles. The van der Waals surface area contributed by atoms with E-state index in [2.05, 4.69) is 17.6 Å². The van der Waals surface area contributed by atoms with E-state index in [1.807, 2.05) is 0 Å². The fourth-order valence-corrected chi connectivity index (χ4v) is 2.38. The van der Waals surface area contributed by atoms with Crippen LogP contribution in [0.5, 0.6) is 0 Å². The number of carbonyl (C=O) groups excluding carboxylic acids is 1. The molecule has 0 spiro atoms. The van der Waals surface area contributed by atoms with Crippen molar-refractivity contribution in [2.45, 2.75) is 45.1 Å². The minimum absolute atomic E-state index is 0.0125. The fourth-order valence-electron chi connectivity index (χ4n) is 2.38. The number of carbonyl (C=O) groups is 1. The first-order valence-corrected chi connectivity index (χ1v) is 6.82. The first-order valence-electron chi connectivity index (χ1n) is 6.82. The lowest BCUT2D eigenvalue weighted by Gasteiger charge is -2.28. The molecule has 0 aromatic rings. The Morgan fingerprint density at radius 2 is 1.82 bits per heavy atom. The van der Waals surface area contributed by atoms with Crippen LogP contribution in [0.3, 0.4) is 0 Å². The van der Waals surface area contributed by atoms with E-state index in [1.54, 1.807) is 19.0 Å². The maximum Gasteiger partial charge on any atom is 0.316 e. The number of hydrogen-bond donors (Lipinski definition) is 2. The largest absolute Gasteiger partial charge is 0.337 e. The summed E-state index contributed by atoms with van der Waals surface area (Å²) in [6, 6.07) is 0.649. The topological polar surface area (TPSA) is 44.4 Å². The van der Waals surface area contributed by atoms with Gasteiger partial charge in [-0.25, -0.2) is 4.79 Å². The van der Waals surface area contributed by atoms with Crippen LogP contribution in [0.4, 0.5) is 4.79 Å². The standard InChI is InChI=1S/C13H27N3O/c1-4-11-5-7-12(8-6-11)14-9-10-15-13(17)16(2)3/h11-12,14H,4-10H2,1-3H3,(H,15,17). The summed E-state index contributed by atoms with van der Waals surface area (Å²) in [4.78, 5) is 12.8. The Hall–Kier alpha value is -0.770. The normalized spacial score (nSPS) is 24.4.